The standard InChI is InChI=1S/C10H6ClNO2/c11-8-5-7(10(13)14)4-6-2-1-3-12-9(6)8/h1-5H,(H,13,14). The van der Waals surface area contributed by atoms with Gasteiger partial charge in [0.1, 0.15) is 0 Å². The summed E-state index contributed by atoms with van der Waals surface area (Å²) < 4.78 is 0. The maximum absolute atomic E-state index is 10.7. The number of pyridine rings is 1. The highest BCUT2D eigenvalue weighted by molar-refractivity contribution is 6.35. The van der Waals surface area contributed by atoms with E-state index in [-0.39, 0.29) is 5.56 Å². The summed E-state index contributed by atoms with van der Waals surface area (Å²) in [7, 11) is 0. The first-order chi connectivity index (χ1) is 6.68. The van der Waals surface area contributed by atoms with Crippen molar-refractivity contribution in [2.45, 2.75) is 0 Å². The van der Waals surface area contributed by atoms with Crippen LogP contribution in [-0.4, -0.2) is 16.1 Å². The Labute approximate surface area is 85.0 Å². The fourth-order valence-corrected chi connectivity index (χ4v) is 1.55. The van der Waals surface area contributed by atoms with E-state index in [1.54, 1.807) is 24.4 Å². The fourth-order valence-electron chi connectivity index (χ4n) is 1.27. The van der Waals surface area contributed by atoms with Gasteiger partial charge in [-0.25, -0.2) is 4.79 Å². The van der Waals surface area contributed by atoms with Gasteiger partial charge in [-0.15, -0.1) is 0 Å². The number of halogens is 1. The molecule has 0 aliphatic carbocycles. The van der Waals surface area contributed by atoms with E-state index < -0.39 is 5.97 Å². The molecule has 0 saturated carbocycles. The molecule has 3 nitrogen and oxygen atoms in total. The third kappa shape index (κ3) is 1.42. The molecule has 0 amide bonds. The van der Waals surface area contributed by atoms with Gasteiger partial charge in [0.15, 0.2) is 0 Å². The fraction of sp³-hybridized carbons (Fsp3) is 0. The first kappa shape index (κ1) is 8.97. The van der Waals surface area contributed by atoms with Crippen LogP contribution in [0.15, 0.2) is 30.5 Å². The molecule has 0 aliphatic rings. The Balaban J connectivity index is 2.78. The maximum atomic E-state index is 10.7. The first-order valence-corrected chi connectivity index (χ1v) is 4.34. The molecular formula is C10H6ClNO2. The Morgan fingerprint density at radius 1 is 1.43 bits per heavy atom. The average molecular weight is 208 g/mol. The topological polar surface area (TPSA) is 50.2 Å². The molecule has 14 heavy (non-hydrogen) atoms. The lowest BCUT2D eigenvalue weighted by Crippen LogP contribution is -1.96. The summed E-state index contributed by atoms with van der Waals surface area (Å²) in [6, 6.07) is 6.47. The number of carboxylic acid groups (broad SMARTS) is 1. The van der Waals surface area contributed by atoms with Crippen LogP contribution >= 0.6 is 11.6 Å². The second kappa shape index (κ2) is 3.27. The van der Waals surface area contributed by atoms with Crippen LogP contribution in [-0.2, 0) is 0 Å². The molecule has 1 heterocycles. The third-order valence-electron chi connectivity index (χ3n) is 1.91. The number of benzene rings is 1. The smallest absolute Gasteiger partial charge is 0.335 e. The van der Waals surface area contributed by atoms with Crippen molar-refractivity contribution in [3.05, 3.63) is 41.0 Å². The van der Waals surface area contributed by atoms with Crippen LogP contribution in [0.1, 0.15) is 10.4 Å². The summed E-state index contributed by atoms with van der Waals surface area (Å²) in [5, 5.41) is 9.88. The van der Waals surface area contributed by atoms with Gasteiger partial charge in [-0.3, -0.25) is 4.98 Å². The largest absolute Gasteiger partial charge is 0.478 e. The van der Waals surface area contributed by atoms with Gasteiger partial charge in [-0.1, -0.05) is 17.7 Å². The molecule has 2 rings (SSSR count). The highest BCUT2D eigenvalue weighted by atomic mass is 35.5. The quantitative estimate of drug-likeness (QED) is 0.782. The molecule has 0 spiro atoms. The molecule has 4 heteroatoms. The molecule has 0 radical (unpaired) electrons. The number of hydrogen-bond acceptors (Lipinski definition) is 2. The van der Waals surface area contributed by atoms with Gasteiger partial charge in [0.2, 0.25) is 0 Å². The van der Waals surface area contributed by atoms with E-state index in [2.05, 4.69) is 4.98 Å². The van der Waals surface area contributed by atoms with E-state index in [1.165, 1.54) is 6.07 Å². The number of rotatable bonds is 1. The zero-order valence-corrected chi connectivity index (χ0v) is 7.82. The summed E-state index contributed by atoms with van der Waals surface area (Å²) >= 11 is 5.88. The maximum Gasteiger partial charge on any atom is 0.335 e. The zero-order valence-electron chi connectivity index (χ0n) is 7.07. The lowest BCUT2D eigenvalue weighted by molar-refractivity contribution is 0.0697. The minimum Gasteiger partial charge on any atom is -0.478 e. The summed E-state index contributed by atoms with van der Waals surface area (Å²) in [5.74, 6) is -0.988. The highest BCUT2D eigenvalue weighted by Gasteiger charge is 2.07. The molecule has 0 aliphatic heterocycles. The van der Waals surface area contributed by atoms with E-state index in [9.17, 15) is 4.79 Å². The monoisotopic (exact) mass is 207 g/mol. The summed E-state index contributed by atoms with van der Waals surface area (Å²) in [6.07, 6.45) is 1.62. The molecule has 1 aromatic heterocycles. The average Bonchev–Trinajstić information content (AvgIpc) is 2.17. The Kier molecular flexibility index (Phi) is 2.09. The van der Waals surface area contributed by atoms with Gasteiger partial charge in [-0.2, -0.15) is 0 Å². The highest BCUT2D eigenvalue weighted by Crippen LogP contribution is 2.23. The molecule has 0 unspecified atom stereocenters. The van der Waals surface area contributed by atoms with Gasteiger partial charge in [-0.05, 0) is 18.2 Å². The number of carbonyl (C=O) groups is 1. The van der Waals surface area contributed by atoms with Crippen molar-refractivity contribution in [1.29, 1.82) is 0 Å². The van der Waals surface area contributed by atoms with E-state index in [0.717, 1.165) is 5.39 Å². The first-order valence-electron chi connectivity index (χ1n) is 3.96. The van der Waals surface area contributed by atoms with Gasteiger partial charge >= 0.3 is 5.97 Å². The molecule has 2 aromatic rings. The van der Waals surface area contributed by atoms with Gasteiger partial charge in [0.05, 0.1) is 16.1 Å². The van der Waals surface area contributed by atoms with E-state index in [0.29, 0.717) is 10.5 Å². The predicted octanol–water partition coefficient (Wildman–Crippen LogP) is 2.59. The zero-order chi connectivity index (χ0) is 10.1. The number of fused-ring (bicyclic) bond motifs is 1. The Bertz CT molecular complexity index is 510. The van der Waals surface area contributed by atoms with Crippen molar-refractivity contribution in [3.8, 4) is 0 Å². The molecule has 0 atom stereocenters. The number of nitrogens with zero attached hydrogens (tertiary/aromatic N) is 1. The van der Waals surface area contributed by atoms with E-state index >= 15 is 0 Å². The molecule has 1 aromatic carbocycles. The lowest BCUT2D eigenvalue weighted by Gasteiger charge is -2.00. The molecule has 0 bridgehead atoms. The minimum atomic E-state index is -0.988. The Morgan fingerprint density at radius 3 is 2.93 bits per heavy atom. The van der Waals surface area contributed by atoms with Gasteiger partial charge < -0.3 is 5.11 Å². The summed E-state index contributed by atoms with van der Waals surface area (Å²) in [5.41, 5.74) is 0.801. The number of aromatic carboxylic acids is 1. The van der Waals surface area contributed by atoms with E-state index in [4.69, 9.17) is 16.7 Å². The summed E-state index contributed by atoms with van der Waals surface area (Å²) in [6.45, 7) is 0. The molecular weight excluding hydrogens is 202 g/mol. The van der Waals surface area contributed by atoms with Crippen LogP contribution in [0.3, 0.4) is 0 Å². The van der Waals surface area contributed by atoms with Crippen LogP contribution in [0.2, 0.25) is 5.02 Å². The SMILES string of the molecule is O=C(O)c1cc(Cl)c2ncccc2c1. The van der Waals surface area contributed by atoms with Crippen LogP contribution in [0, 0.1) is 0 Å². The number of hydrogen-bond donors (Lipinski definition) is 1. The van der Waals surface area contributed by atoms with Crippen molar-refractivity contribution < 1.29 is 9.90 Å². The van der Waals surface area contributed by atoms with Crippen LogP contribution in [0.25, 0.3) is 10.9 Å². The summed E-state index contributed by atoms with van der Waals surface area (Å²) in [4.78, 5) is 14.8. The van der Waals surface area contributed by atoms with Crippen LogP contribution in [0.5, 0.6) is 0 Å². The number of aromatic nitrogens is 1. The van der Waals surface area contributed by atoms with Crippen molar-refractivity contribution in [1.82, 2.24) is 4.98 Å². The van der Waals surface area contributed by atoms with Crippen LogP contribution < -0.4 is 0 Å². The lowest BCUT2D eigenvalue weighted by atomic mass is 10.1. The Morgan fingerprint density at radius 2 is 2.21 bits per heavy atom. The molecule has 1 N–H and O–H groups in total. The minimum absolute atomic E-state index is 0.176. The molecule has 70 valence electrons. The van der Waals surface area contributed by atoms with Crippen molar-refractivity contribution in [2.75, 3.05) is 0 Å². The van der Waals surface area contributed by atoms with Crippen molar-refractivity contribution in [2.24, 2.45) is 0 Å². The van der Waals surface area contributed by atoms with Crippen molar-refractivity contribution >= 4 is 28.5 Å². The second-order valence-electron chi connectivity index (χ2n) is 2.84. The normalized spacial score (nSPS) is 10.4. The molecule has 0 saturated heterocycles. The van der Waals surface area contributed by atoms with Gasteiger partial charge in [0.25, 0.3) is 0 Å². The third-order valence-corrected chi connectivity index (χ3v) is 2.19. The second-order valence-corrected chi connectivity index (χ2v) is 3.25. The molecule has 0 fully saturated rings. The Hall–Kier alpha value is -1.61. The van der Waals surface area contributed by atoms with E-state index in [1.807, 2.05) is 0 Å². The van der Waals surface area contributed by atoms with Crippen molar-refractivity contribution in [3.63, 3.8) is 0 Å². The number of carboxylic acids is 1. The predicted molar refractivity (Wildman–Crippen MR) is 53.7 cm³/mol. The van der Waals surface area contributed by atoms with Crippen LogP contribution in [0.4, 0.5) is 0 Å². The van der Waals surface area contributed by atoms with Gasteiger partial charge in [0, 0.05) is 11.6 Å².